The van der Waals surface area contributed by atoms with Crippen LogP contribution in [0.5, 0.6) is 0 Å². The lowest BCUT2D eigenvalue weighted by atomic mass is 10.0. The summed E-state index contributed by atoms with van der Waals surface area (Å²) in [6.45, 7) is 10.4. The lowest BCUT2D eigenvalue weighted by molar-refractivity contribution is -0.139. The second kappa shape index (κ2) is 24.8. The molecule has 4 aromatic rings. The third-order valence-electron chi connectivity index (χ3n) is 8.64. The monoisotopic (exact) mass is 823 g/mol. The van der Waals surface area contributed by atoms with Gasteiger partial charge >= 0.3 is 12.1 Å². The number of carbonyl (C=O) groups excluding carboxylic acids is 3. The van der Waals surface area contributed by atoms with Crippen molar-refractivity contribution in [3.8, 4) is 11.3 Å². The average Bonchev–Trinajstić information content (AvgIpc) is 3.22. The zero-order chi connectivity index (χ0) is 43.2. The van der Waals surface area contributed by atoms with Crippen LogP contribution >= 0.6 is 0 Å². The van der Waals surface area contributed by atoms with Gasteiger partial charge in [0.1, 0.15) is 0 Å². The third-order valence-corrected chi connectivity index (χ3v) is 8.64. The minimum absolute atomic E-state index is 0.00730. The maximum Gasteiger partial charge on any atom is 0.416 e. The molecule has 0 saturated heterocycles. The fraction of sp³-hybridized carbons (Fsp3) is 0.372. The number of carboxylic acids is 1. The maximum absolute atomic E-state index is 13.1. The van der Waals surface area contributed by atoms with Crippen molar-refractivity contribution >= 4 is 35.6 Å². The summed E-state index contributed by atoms with van der Waals surface area (Å²) >= 11 is 0. The molecule has 1 heterocycles. The van der Waals surface area contributed by atoms with Crippen LogP contribution in [-0.4, -0.2) is 106 Å². The predicted octanol–water partition coefficient (Wildman–Crippen LogP) is 6.70. The molecule has 0 radical (unpaired) electrons. The van der Waals surface area contributed by atoms with E-state index in [-0.39, 0.29) is 31.0 Å². The Labute approximate surface area is 342 Å². The second-order valence-corrected chi connectivity index (χ2v) is 13.1. The van der Waals surface area contributed by atoms with E-state index in [1.807, 2.05) is 51.1 Å². The van der Waals surface area contributed by atoms with E-state index >= 15 is 0 Å². The summed E-state index contributed by atoms with van der Waals surface area (Å²) in [5.74, 6) is -1.61. The smallest absolute Gasteiger partial charge is 0.416 e. The number of carbonyl (C=O) groups is 4. The summed E-state index contributed by atoms with van der Waals surface area (Å²) in [5, 5.41) is 14.0. The molecule has 0 aliphatic heterocycles. The lowest BCUT2D eigenvalue weighted by Crippen LogP contribution is -2.23. The highest BCUT2D eigenvalue weighted by Crippen LogP contribution is 2.33. The number of anilines is 2. The number of benzene rings is 3. The Hall–Kier alpha value is -5.84. The van der Waals surface area contributed by atoms with Gasteiger partial charge in [-0.2, -0.15) is 13.2 Å². The summed E-state index contributed by atoms with van der Waals surface area (Å²) in [6.07, 6.45) is -2.22. The SMILES string of the molecule is CCN(CC)c1ccc(NC(=O)c2cccc(C)c2)c(-c2cc(C(=O)NCc3cccc(C(F)(F)F)c3)ccn2)c1.CN(C=O)CCOCCOCCOCCC(=O)O. The number of halogens is 3. The molecule has 0 unspecified atom stereocenters. The van der Waals surface area contributed by atoms with Crippen LogP contribution in [0.1, 0.15) is 57.7 Å². The van der Waals surface area contributed by atoms with Crippen molar-refractivity contribution in [3.05, 3.63) is 113 Å². The fourth-order valence-corrected chi connectivity index (χ4v) is 5.44. The van der Waals surface area contributed by atoms with Crippen LogP contribution in [0.25, 0.3) is 11.3 Å². The highest BCUT2D eigenvalue weighted by molar-refractivity contribution is 6.06. The number of rotatable bonds is 22. The Morgan fingerprint density at radius 2 is 1.47 bits per heavy atom. The first kappa shape index (κ1) is 47.5. The van der Waals surface area contributed by atoms with Gasteiger partial charge in [-0.25, -0.2) is 0 Å². The van der Waals surface area contributed by atoms with Crippen LogP contribution in [0.2, 0.25) is 0 Å². The van der Waals surface area contributed by atoms with Gasteiger partial charge in [0.2, 0.25) is 6.41 Å². The quantitative estimate of drug-likeness (QED) is 0.0575. The van der Waals surface area contributed by atoms with Crippen molar-refractivity contribution < 1.29 is 51.7 Å². The molecule has 0 saturated carbocycles. The molecule has 3 amide bonds. The Morgan fingerprint density at radius 1 is 0.814 bits per heavy atom. The molecule has 0 aliphatic carbocycles. The molecule has 0 aliphatic rings. The summed E-state index contributed by atoms with van der Waals surface area (Å²) in [5.41, 5.74) is 3.86. The summed E-state index contributed by atoms with van der Waals surface area (Å²) in [7, 11) is 1.68. The zero-order valence-electron chi connectivity index (χ0n) is 33.7. The van der Waals surface area contributed by atoms with Crippen molar-refractivity contribution in [2.75, 3.05) is 76.5 Å². The average molecular weight is 824 g/mol. The number of aliphatic carboxylic acids is 1. The summed E-state index contributed by atoms with van der Waals surface area (Å²) < 4.78 is 54.6. The minimum atomic E-state index is -4.47. The van der Waals surface area contributed by atoms with Crippen LogP contribution in [-0.2, 0) is 36.5 Å². The van der Waals surface area contributed by atoms with E-state index in [1.165, 1.54) is 29.3 Å². The van der Waals surface area contributed by atoms with E-state index in [9.17, 15) is 32.3 Å². The normalized spacial score (nSPS) is 10.9. The molecule has 0 bridgehead atoms. The van der Waals surface area contributed by atoms with E-state index in [2.05, 4.69) is 20.5 Å². The van der Waals surface area contributed by atoms with Gasteiger partial charge in [0.25, 0.3) is 11.8 Å². The maximum atomic E-state index is 13.1. The topological polar surface area (TPSA) is 160 Å². The molecule has 4 rings (SSSR count). The molecular weight excluding hydrogens is 771 g/mol. The predicted molar refractivity (Wildman–Crippen MR) is 218 cm³/mol. The van der Waals surface area contributed by atoms with E-state index in [4.69, 9.17) is 19.3 Å². The number of nitrogens with zero attached hydrogens (tertiary/aromatic N) is 3. The number of hydrogen-bond donors (Lipinski definition) is 3. The van der Waals surface area contributed by atoms with E-state index in [0.717, 1.165) is 42.9 Å². The number of nitrogens with one attached hydrogen (secondary N) is 2. The first-order chi connectivity index (χ1) is 28.2. The molecular formula is C43H52F3N5O8. The van der Waals surface area contributed by atoms with Gasteiger partial charge in [0.15, 0.2) is 0 Å². The molecule has 0 atom stereocenters. The van der Waals surface area contributed by atoms with Gasteiger partial charge < -0.3 is 39.8 Å². The van der Waals surface area contributed by atoms with Crippen LogP contribution in [0.3, 0.4) is 0 Å². The van der Waals surface area contributed by atoms with Crippen LogP contribution in [0.15, 0.2) is 85.1 Å². The number of aromatic nitrogens is 1. The van der Waals surface area contributed by atoms with Crippen LogP contribution < -0.4 is 15.5 Å². The van der Waals surface area contributed by atoms with E-state index in [1.54, 1.807) is 25.2 Å². The van der Waals surface area contributed by atoms with Crippen molar-refractivity contribution in [2.45, 2.75) is 39.9 Å². The number of ether oxygens (including phenoxy) is 3. The second-order valence-electron chi connectivity index (χ2n) is 13.1. The van der Waals surface area contributed by atoms with Gasteiger partial charge in [-0.3, -0.25) is 24.2 Å². The molecule has 0 fully saturated rings. The van der Waals surface area contributed by atoms with Crippen LogP contribution in [0, 0.1) is 6.92 Å². The zero-order valence-corrected chi connectivity index (χ0v) is 33.7. The van der Waals surface area contributed by atoms with Gasteiger partial charge in [-0.05, 0) is 80.9 Å². The van der Waals surface area contributed by atoms with Crippen molar-refractivity contribution in [3.63, 3.8) is 0 Å². The first-order valence-electron chi connectivity index (χ1n) is 19.0. The summed E-state index contributed by atoms with van der Waals surface area (Å²) in [6, 6.07) is 20.9. The highest BCUT2D eigenvalue weighted by Gasteiger charge is 2.30. The number of hydrogen-bond acceptors (Lipinski definition) is 9. The Balaban J connectivity index is 0.000000436. The Kier molecular flexibility index (Phi) is 20.0. The number of alkyl halides is 3. The molecule has 59 heavy (non-hydrogen) atoms. The first-order valence-corrected chi connectivity index (χ1v) is 19.0. The van der Waals surface area contributed by atoms with E-state index in [0.29, 0.717) is 67.7 Å². The van der Waals surface area contributed by atoms with Gasteiger partial charge in [0, 0.05) is 61.8 Å². The lowest BCUT2D eigenvalue weighted by Gasteiger charge is -2.23. The van der Waals surface area contributed by atoms with E-state index < -0.39 is 23.6 Å². The molecule has 318 valence electrons. The van der Waals surface area contributed by atoms with Gasteiger partial charge in [-0.1, -0.05) is 29.8 Å². The number of aryl methyl sites for hydroxylation is 1. The summed E-state index contributed by atoms with van der Waals surface area (Å²) in [4.78, 5) is 54.6. The van der Waals surface area contributed by atoms with Gasteiger partial charge in [-0.15, -0.1) is 0 Å². The molecule has 3 aromatic carbocycles. The van der Waals surface area contributed by atoms with Crippen molar-refractivity contribution in [1.82, 2.24) is 15.2 Å². The fourth-order valence-electron chi connectivity index (χ4n) is 5.44. The largest absolute Gasteiger partial charge is 0.481 e. The molecule has 13 nitrogen and oxygen atoms in total. The Bertz CT molecular complexity index is 1960. The number of amides is 3. The molecule has 3 N–H and O–H groups in total. The van der Waals surface area contributed by atoms with Crippen molar-refractivity contribution in [2.24, 2.45) is 0 Å². The molecule has 16 heteroatoms. The van der Waals surface area contributed by atoms with Crippen molar-refractivity contribution in [1.29, 1.82) is 0 Å². The Morgan fingerprint density at radius 3 is 2.12 bits per heavy atom. The molecule has 1 aromatic heterocycles. The number of pyridine rings is 1. The standard InChI is InChI=1S/C32H31F3N4O2.C11H21NO6/c1-4-39(5-2)26-12-13-28(38-31(41)23-10-6-8-21(3)16-23)27(19-26)29-18-24(14-15-36-29)30(40)37-20-22-9-7-11-25(17-22)32(33,34)35;1-12(10-13)3-5-17-7-9-18-8-6-16-4-2-11(14)15/h6-19H,4-5,20H2,1-3H3,(H,37,40)(H,38,41);10H,2-9H2,1H3,(H,14,15). The highest BCUT2D eigenvalue weighted by atomic mass is 19.4. The van der Waals surface area contributed by atoms with Gasteiger partial charge in [0.05, 0.1) is 63.0 Å². The van der Waals surface area contributed by atoms with Crippen LogP contribution in [0.4, 0.5) is 24.5 Å². The number of likely N-dealkylation sites (N-methyl/N-ethyl adjacent to an activating group) is 1. The third kappa shape index (κ3) is 16.9. The number of carboxylic acid groups (broad SMARTS) is 1. The molecule has 0 spiro atoms. The minimum Gasteiger partial charge on any atom is -0.481 e.